The highest BCUT2D eigenvalue weighted by atomic mass is 16.5. The lowest BCUT2D eigenvalue weighted by atomic mass is 9.83. The van der Waals surface area contributed by atoms with Crippen LogP contribution in [0.4, 0.5) is 0 Å². The average molecular weight is 543 g/mol. The largest absolute Gasteiger partial charge is 0.378 e. The van der Waals surface area contributed by atoms with Crippen LogP contribution in [0.15, 0.2) is 0 Å². The molecule has 0 heterocycles. The van der Waals surface area contributed by atoms with Crippen molar-refractivity contribution < 1.29 is 14.2 Å². The standard InChI is InChI=1S/C33H70N2O3/c1-14-19-30(9)38-25-22-33(13,18-5)35(31(10,11)20-23-36-28(7)15-2)27(6)26-34-32(12,17-4)21-24-37-29(8)16-3/h27-30,34H,14-26H2,1-13H3. The maximum Gasteiger partial charge on any atom is 0.0546 e. The highest BCUT2D eigenvalue weighted by Crippen LogP contribution is 2.36. The van der Waals surface area contributed by atoms with Crippen molar-refractivity contribution in [2.75, 3.05) is 26.4 Å². The fraction of sp³-hybridized carbons (Fsp3) is 1.00. The van der Waals surface area contributed by atoms with Crippen molar-refractivity contribution in [3.8, 4) is 0 Å². The van der Waals surface area contributed by atoms with Crippen LogP contribution in [0.5, 0.6) is 0 Å². The van der Waals surface area contributed by atoms with Gasteiger partial charge in [-0.3, -0.25) is 4.90 Å². The molecule has 230 valence electrons. The Morgan fingerprint density at radius 2 is 1.16 bits per heavy atom. The third kappa shape index (κ3) is 13.9. The predicted octanol–water partition coefficient (Wildman–Crippen LogP) is 8.39. The molecule has 0 radical (unpaired) electrons. The Bertz CT molecular complexity index is 587. The molecule has 0 rings (SSSR count). The molecule has 0 aromatic carbocycles. The normalized spacial score (nSPS) is 19.1. The maximum atomic E-state index is 6.27. The molecule has 38 heavy (non-hydrogen) atoms. The van der Waals surface area contributed by atoms with Crippen LogP contribution in [0.25, 0.3) is 0 Å². The fourth-order valence-corrected chi connectivity index (χ4v) is 5.52. The molecule has 0 amide bonds. The Hall–Kier alpha value is -0.200. The van der Waals surface area contributed by atoms with Crippen LogP contribution in [0, 0.1) is 0 Å². The van der Waals surface area contributed by atoms with Gasteiger partial charge in [0.1, 0.15) is 0 Å². The van der Waals surface area contributed by atoms with E-state index >= 15 is 0 Å². The highest BCUT2D eigenvalue weighted by Gasteiger charge is 2.42. The maximum absolute atomic E-state index is 6.27. The molecule has 0 saturated carbocycles. The Kier molecular flexibility index (Phi) is 18.9. The van der Waals surface area contributed by atoms with Gasteiger partial charge in [-0.15, -0.1) is 0 Å². The zero-order chi connectivity index (χ0) is 29.4. The van der Waals surface area contributed by atoms with Crippen LogP contribution in [0.2, 0.25) is 0 Å². The van der Waals surface area contributed by atoms with Gasteiger partial charge in [0.05, 0.1) is 18.3 Å². The van der Waals surface area contributed by atoms with Crippen molar-refractivity contribution >= 4 is 0 Å². The topological polar surface area (TPSA) is 43.0 Å². The number of ether oxygens (including phenoxy) is 3. The van der Waals surface area contributed by atoms with E-state index in [2.05, 4.69) is 100 Å². The minimum absolute atomic E-state index is 0.00334. The summed E-state index contributed by atoms with van der Waals surface area (Å²) in [6.07, 6.45) is 10.6. The van der Waals surface area contributed by atoms with Gasteiger partial charge in [-0.25, -0.2) is 0 Å². The van der Waals surface area contributed by atoms with E-state index in [1.54, 1.807) is 0 Å². The number of nitrogens with one attached hydrogen (secondary N) is 1. The minimum Gasteiger partial charge on any atom is -0.378 e. The van der Waals surface area contributed by atoms with Crippen LogP contribution in [-0.2, 0) is 14.2 Å². The summed E-state index contributed by atoms with van der Waals surface area (Å²) in [6.45, 7) is 33.2. The number of hydrogen-bond donors (Lipinski definition) is 1. The van der Waals surface area contributed by atoms with Crippen molar-refractivity contribution in [2.45, 2.75) is 189 Å². The summed E-state index contributed by atoms with van der Waals surface area (Å²) >= 11 is 0. The molecule has 0 aliphatic carbocycles. The zero-order valence-corrected chi connectivity index (χ0v) is 28.2. The molecule has 0 aliphatic rings. The van der Waals surface area contributed by atoms with Crippen molar-refractivity contribution in [3.05, 3.63) is 0 Å². The van der Waals surface area contributed by atoms with Gasteiger partial charge in [-0.2, -0.15) is 0 Å². The summed E-state index contributed by atoms with van der Waals surface area (Å²) in [6, 6.07) is 0.368. The van der Waals surface area contributed by atoms with E-state index in [1.807, 2.05) is 0 Å². The summed E-state index contributed by atoms with van der Waals surface area (Å²) in [5.41, 5.74) is 0.102. The predicted molar refractivity (Wildman–Crippen MR) is 166 cm³/mol. The fourth-order valence-electron chi connectivity index (χ4n) is 5.52. The molecule has 1 N–H and O–H groups in total. The molecule has 6 atom stereocenters. The van der Waals surface area contributed by atoms with E-state index in [9.17, 15) is 0 Å². The lowest BCUT2D eigenvalue weighted by Gasteiger charge is -2.54. The number of nitrogens with zero attached hydrogens (tertiary/aromatic N) is 1. The van der Waals surface area contributed by atoms with Crippen LogP contribution < -0.4 is 5.32 Å². The van der Waals surface area contributed by atoms with E-state index in [0.29, 0.717) is 24.4 Å². The van der Waals surface area contributed by atoms with Crippen molar-refractivity contribution in [1.82, 2.24) is 10.2 Å². The molecule has 5 nitrogen and oxygen atoms in total. The molecule has 0 spiro atoms. The highest BCUT2D eigenvalue weighted by molar-refractivity contribution is 4.98. The Balaban J connectivity index is 5.69. The summed E-state index contributed by atoms with van der Waals surface area (Å²) in [4.78, 5) is 2.80. The third-order valence-electron chi connectivity index (χ3n) is 9.10. The molecule has 0 aliphatic heterocycles. The van der Waals surface area contributed by atoms with E-state index < -0.39 is 0 Å². The first kappa shape index (κ1) is 37.8. The second kappa shape index (κ2) is 19.0. The molecule has 0 fully saturated rings. The van der Waals surface area contributed by atoms with Gasteiger partial charge in [0.15, 0.2) is 0 Å². The van der Waals surface area contributed by atoms with Crippen molar-refractivity contribution in [3.63, 3.8) is 0 Å². The minimum atomic E-state index is -0.00334. The van der Waals surface area contributed by atoms with Gasteiger partial charge in [0.25, 0.3) is 0 Å². The molecule has 0 aromatic heterocycles. The lowest BCUT2D eigenvalue weighted by molar-refractivity contribution is -0.0695. The van der Waals surface area contributed by atoms with Crippen LogP contribution >= 0.6 is 0 Å². The van der Waals surface area contributed by atoms with Crippen molar-refractivity contribution in [1.29, 1.82) is 0 Å². The molecule has 5 heteroatoms. The Labute approximate surface area is 239 Å². The molecule has 0 saturated heterocycles. The Morgan fingerprint density at radius 1 is 0.658 bits per heavy atom. The number of rotatable bonds is 24. The van der Waals surface area contributed by atoms with Crippen LogP contribution in [-0.4, -0.2) is 72.2 Å². The first-order chi connectivity index (χ1) is 17.7. The van der Waals surface area contributed by atoms with E-state index in [-0.39, 0.29) is 16.6 Å². The smallest absolute Gasteiger partial charge is 0.0546 e. The third-order valence-corrected chi connectivity index (χ3v) is 9.10. The summed E-state index contributed by atoms with van der Waals surface area (Å²) in [7, 11) is 0. The molecule has 0 bridgehead atoms. The summed E-state index contributed by atoms with van der Waals surface area (Å²) in [5.74, 6) is 0. The van der Waals surface area contributed by atoms with Gasteiger partial charge in [-0.05, 0) is 107 Å². The monoisotopic (exact) mass is 543 g/mol. The second-order valence-corrected chi connectivity index (χ2v) is 13.1. The first-order valence-corrected chi connectivity index (χ1v) is 16.1. The summed E-state index contributed by atoms with van der Waals surface area (Å²) < 4.78 is 18.5. The first-order valence-electron chi connectivity index (χ1n) is 16.1. The van der Waals surface area contributed by atoms with Crippen LogP contribution in [0.3, 0.4) is 0 Å². The molecule has 0 aromatic rings. The molecule has 6 unspecified atom stereocenters. The molecular formula is C33H70N2O3. The molecular weight excluding hydrogens is 472 g/mol. The zero-order valence-electron chi connectivity index (χ0n) is 28.2. The van der Waals surface area contributed by atoms with Crippen LogP contribution in [0.1, 0.15) is 148 Å². The summed E-state index contributed by atoms with van der Waals surface area (Å²) in [5, 5.41) is 3.98. The van der Waals surface area contributed by atoms with Crippen molar-refractivity contribution in [2.24, 2.45) is 0 Å². The SMILES string of the molecule is CCCC(C)OCCC(C)(CC)N(C(C)CNC(C)(CC)CCOC(C)CC)C(C)(C)CCOC(C)CC. The van der Waals surface area contributed by atoms with Gasteiger partial charge in [-0.1, -0.05) is 41.0 Å². The van der Waals surface area contributed by atoms with Gasteiger partial charge < -0.3 is 19.5 Å². The quantitative estimate of drug-likeness (QED) is 0.133. The van der Waals surface area contributed by atoms with E-state index in [4.69, 9.17) is 14.2 Å². The van der Waals surface area contributed by atoms with Gasteiger partial charge in [0.2, 0.25) is 0 Å². The van der Waals surface area contributed by atoms with E-state index in [1.165, 1.54) is 6.42 Å². The van der Waals surface area contributed by atoms with Gasteiger partial charge in [0, 0.05) is 49.0 Å². The van der Waals surface area contributed by atoms with Gasteiger partial charge >= 0.3 is 0 Å². The number of hydrogen-bond acceptors (Lipinski definition) is 5. The second-order valence-electron chi connectivity index (χ2n) is 13.1. The lowest BCUT2D eigenvalue weighted by Crippen LogP contribution is -2.63. The average Bonchev–Trinajstić information content (AvgIpc) is 2.87. The van der Waals surface area contributed by atoms with E-state index in [0.717, 1.165) is 77.7 Å². The Morgan fingerprint density at radius 3 is 1.63 bits per heavy atom.